The number of nitrogens with zero attached hydrogens (tertiary/aromatic N) is 2. The molecule has 2 aromatic rings. The highest BCUT2D eigenvalue weighted by molar-refractivity contribution is 7.85. The van der Waals surface area contributed by atoms with Gasteiger partial charge in [0.25, 0.3) is 10.1 Å². The Kier molecular flexibility index (Phi) is 5.70. The van der Waals surface area contributed by atoms with E-state index in [9.17, 15) is 8.42 Å². The summed E-state index contributed by atoms with van der Waals surface area (Å²) < 4.78 is 31.6. The zero-order valence-electron chi connectivity index (χ0n) is 12.5. The predicted octanol–water partition coefficient (Wildman–Crippen LogP) is 2.05. The van der Waals surface area contributed by atoms with Crippen LogP contribution in [-0.2, 0) is 10.1 Å². The van der Waals surface area contributed by atoms with Crippen LogP contribution in [0.5, 0.6) is 0 Å². The van der Waals surface area contributed by atoms with Crippen LogP contribution in [0.25, 0.3) is 0 Å². The lowest BCUT2D eigenvalue weighted by atomic mass is 10.1. The Hall–Kier alpha value is -1.70. The molecule has 2 heterocycles. The SMILES string of the molecule is Cc1ccc(S(=O)(=O)O)cc1.c1cnn(C2CCCNC2)c1. The fraction of sp³-hybridized carbons (Fsp3) is 0.400. The van der Waals surface area contributed by atoms with Gasteiger partial charge in [-0.2, -0.15) is 13.5 Å². The van der Waals surface area contributed by atoms with E-state index in [1.165, 1.54) is 25.0 Å². The topological polar surface area (TPSA) is 84.2 Å². The Morgan fingerprint density at radius 3 is 2.55 bits per heavy atom. The first kappa shape index (κ1) is 16.7. The van der Waals surface area contributed by atoms with Gasteiger partial charge >= 0.3 is 0 Å². The van der Waals surface area contributed by atoms with Crippen molar-refractivity contribution < 1.29 is 13.0 Å². The second-order valence-corrected chi connectivity index (χ2v) is 6.70. The molecule has 22 heavy (non-hydrogen) atoms. The van der Waals surface area contributed by atoms with E-state index < -0.39 is 10.1 Å². The zero-order valence-corrected chi connectivity index (χ0v) is 13.3. The highest BCUT2D eigenvalue weighted by Gasteiger charge is 2.13. The van der Waals surface area contributed by atoms with E-state index in [1.807, 2.05) is 30.1 Å². The van der Waals surface area contributed by atoms with E-state index in [4.69, 9.17) is 4.55 Å². The minimum absolute atomic E-state index is 0.0666. The standard InChI is InChI=1S/C8H13N3.C7H8O3S/c1-3-8(7-9-4-1)11-6-2-5-10-11;1-6-2-4-7(5-3-6)11(8,9)10/h2,5-6,8-9H,1,3-4,7H2;2-5H,1H3,(H,8,9,10). The van der Waals surface area contributed by atoms with Crippen LogP contribution in [-0.4, -0.2) is 35.8 Å². The lowest BCUT2D eigenvalue weighted by Crippen LogP contribution is -2.31. The molecule has 0 amide bonds. The van der Waals surface area contributed by atoms with Crippen LogP contribution in [0, 0.1) is 6.92 Å². The van der Waals surface area contributed by atoms with E-state index in [1.54, 1.807) is 12.1 Å². The molecule has 1 aromatic carbocycles. The molecule has 0 bridgehead atoms. The average molecular weight is 323 g/mol. The van der Waals surface area contributed by atoms with E-state index in [2.05, 4.69) is 10.4 Å². The summed E-state index contributed by atoms with van der Waals surface area (Å²) in [5, 5.41) is 7.58. The van der Waals surface area contributed by atoms with Crippen molar-refractivity contribution in [2.75, 3.05) is 13.1 Å². The molecular weight excluding hydrogens is 302 g/mol. The Balaban J connectivity index is 0.000000160. The number of nitrogens with one attached hydrogen (secondary N) is 1. The Labute approximate surface area is 130 Å². The van der Waals surface area contributed by atoms with E-state index in [-0.39, 0.29) is 4.90 Å². The molecule has 1 aliphatic heterocycles. The number of hydrogen-bond donors (Lipinski definition) is 2. The second kappa shape index (κ2) is 7.53. The highest BCUT2D eigenvalue weighted by Crippen LogP contribution is 2.14. The Morgan fingerprint density at radius 2 is 2.05 bits per heavy atom. The van der Waals surface area contributed by atoms with Crippen LogP contribution < -0.4 is 5.32 Å². The number of rotatable bonds is 2. The van der Waals surface area contributed by atoms with Gasteiger partial charge < -0.3 is 5.32 Å². The van der Waals surface area contributed by atoms with Crippen molar-refractivity contribution in [2.24, 2.45) is 0 Å². The van der Waals surface area contributed by atoms with Crippen molar-refractivity contribution in [3.05, 3.63) is 48.3 Å². The molecule has 1 unspecified atom stereocenters. The summed E-state index contributed by atoms with van der Waals surface area (Å²) in [7, 11) is -4.02. The normalized spacial score (nSPS) is 18.4. The molecule has 0 aliphatic carbocycles. The van der Waals surface area contributed by atoms with Crippen molar-refractivity contribution in [1.82, 2.24) is 15.1 Å². The number of aromatic nitrogens is 2. The molecule has 6 nitrogen and oxygen atoms in total. The number of aryl methyl sites for hydroxylation is 1. The molecule has 120 valence electrons. The lowest BCUT2D eigenvalue weighted by Gasteiger charge is -2.22. The number of piperidine rings is 1. The highest BCUT2D eigenvalue weighted by atomic mass is 32.2. The number of benzene rings is 1. The minimum atomic E-state index is -4.02. The van der Waals surface area contributed by atoms with Crippen LogP contribution in [0.2, 0.25) is 0 Å². The molecule has 1 aliphatic rings. The van der Waals surface area contributed by atoms with Gasteiger partial charge in [0.2, 0.25) is 0 Å². The molecule has 3 rings (SSSR count). The Bertz CT molecular complexity index is 661. The van der Waals surface area contributed by atoms with Crippen LogP contribution in [0.4, 0.5) is 0 Å². The van der Waals surface area contributed by atoms with Crippen molar-refractivity contribution in [3.63, 3.8) is 0 Å². The average Bonchev–Trinajstić information content (AvgIpc) is 3.03. The van der Waals surface area contributed by atoms with Gasteiger partial charge in [0.05, 0.1) is 10.9 Å². The first-order valence-electron chi connectivity index (χ1n) is 7.21. The first-order valence-corrected chi connectivity index (χ1v) is 8.65. The summed E-state index contributed by atoms with van der Waals surface area (Å²) in [6.45, 7) is 4.08. The summed E-state index contributed by atoms with van der Waals surface area (Å²) >= 11 is 0. The number of hydrogen-bond acceptors (Lipinski definition) is 4. The van der Waals surface area contributed by atoms with E-state index in [0.717, 1.165) is 18.7 Å². The van der Waals surface area contributed by atoms with Crippen molar-refractivity contribution in [3.8, 4) is 0 Å². The summed E-state index contributed by atoms with van der Waals surface area (Å²) in [5.41, 5.74) is 0.956. The molecule has 1 atom stereocenters. The maximum absolute atomic E-state index is 10.5. The molecule has 1 fully saturated rings. The molecule has 0 saturated carbocycles. The van der Waals surface area contributed by atoms with Crippen LogP contribution in [0.15, 0.2) is 47.6 Å². The third kappa shape index (κ3) is 4.94. The van der Waals surface area contributed by atoms with Gasteiger partial charge in [-0.3, -0.25) is 9.23 Å². The molecular formula is C15H21N3O3S. The summed E-state index contributed by atoms with van der Waals surface area (Å²) in [6.07, 6.45) is 6.41. The third-order valence-electron chi connectivity index (χ3n) is 3.49. The van der Waals surface area contributed by atoms with Gasteiger partial charge in [-0.1, -0.05) is 17.7 Å². The largest absolute Gasteiger partial charge is 0.315 e. The second-order valence-electron chi connectivity index (χ2n) is 5.27. The Morgan fingerprint density at radius 1 is 1.32 bits per heavy atom. The van der Waals surface area contributed by atoms with Crippen LogP contribution >= 0.6 is 0 Å². The molecule has 0 spiro atoms. The van der Waals surface area contributed by atoms with E-state index in [0.29, 0.717) is 6.04 Å². The molecule has 1 aromatic heterocycles. The van der Waals surface area contributed by atoms with Gasteiger partial charge in [-0.25, -0.2) is 0 Å². The van der Waals surface area contributed by atoms with E-state index >= 15 is 0 Å². The fourth-order valence-corrected chi connectivity index (χ4v) is 2.75. The maximum Gasteiger partial charge on any atom is 0.294 e. The van der Waals surface area contributed by atoms with Gasteiger partial charge in [0.15, 0.2) is 0 Å². The monoisotopic (exact) mass is 323 g/mol. The van der Waals surface area contributed by atoms with Crippen LogP contribution in [0.3, 0.4) is 0 Å². The van der Waals surface area contributed by atoms with Crippen molar-refractivity contribution in [1.29, 1.82) is 0 Å². The van der Waals surface area contributed by atoms with Crippen molar-refractivity contribution >= 4 is 10.1 Å². The zero-order chi connectivity index (χ0) is 16.0. The molecule has 7 heteroatoms. The van der Waals surface area contributed by atoms with Gasteiger partial charge in [0, 0.05) is 18.9 Å². The van der Waals surface area contributed by atoms with Crippen LogP contribution in [0.1, 0.15) is 24.4 Å². The molecule has 2 N–H and O–H groups in total. The third-order valence-corrected chi connectivity index (χ3v) is 4.36. The lowest BCUT2D eigenvalue weighted by molar-refractivity contribution is 0.347. The summed E-state index contributed by atoms with van der Waals surface area (Å²) in [4.78, 5) is -0.0666. The minimum Gasteiger partial charge on any atom is -0.315 e. The first-order chi connectivity index (χ1) is 10.5. The van der Waals surface area contributed by atoms with Gasteiger partial charge in [-0.15, -0.1) is 0 Å². The quantitative estimate of drug-likeness (QED) is 0.826. The predicted molar refractivity (Wildman–Crippen MR) is 84.4 cm³/mol. The molecule has 1 saturated heterocycles. The van der Waals surface area contributed by atoms with Gasteiger partial charge in [0.1, 0.15) is 0 Å². The summed E-state index contributed by atoms with van der Waals surface area (Å²) in [5.74, 6) is 0. The smallest absolute Gasteiger partial charge is 0.294 e. The maximum atomic E-state index is 10.5. The van der Waals surface area contributed by atoms with Gasteiger partial charge in [-0.05, 0) is 44.5 Å². The molecule has 0 radical (unpaired) electrons. The van der Waals surface area contributed by atoms with Crippen molar-refractivity contribution in [2.45, 2.75) is 30.7 Å². The summed E-state index contributed by atoms with van der Waals surface area (Å²) in [6, 6.07) is 8.55. The fourth-order valence-electron chi connectivity index (χ4n) is 2.27.